The Hall–Kier alpha value is -4.08. The molecule has 1 atom stereocenters. The van der Waals surface area contributed by atoms with Crippen molar-refractivity contribution in [3.05, 3.63) is 93.6 Å². The van der Waals surface area contributed by atoms with E-state index in [0.717, 1.165) is 34.0 Å². The van der Waals surface area contributed by atoms with Crippen molar-refractivity contribution in [2.24, 2.45) is 0 Å². The number of rotatable bonds is 6. The van der Waals surface area contributed by atoms with E-state index in [1.54, 1.807) is 12.1 Å². The minimum Gasteiger partial charge on any atom is -0.478 e. The maximum atomic E-state index is 12.7. The minimum atomic E-state index is -1.30. The number of fused-ring (bicyclic) bond motifs is 1. The van der Waals surface area contributed by atoms with Gasteiger partial charge in [-0.25, -0.2) is 9.59 Å². The average molecular weight is 473 g/mol. The molecule has 6 nitrogen and oxygen atoms in total. The number of benzene rings is 3. The molecule has 0 radical (unpaired) electrons. The molecule has 34 heavy (non-hydrogen) atoms. The van der Waals surface area contributed by atoms with Crippen LogP contribution in [0.3, 0.4) is 0 Å². The van der Waals surface area contributed by atoms with Crippen LogP contribution in [0.15, 0.2) is 60.8 Å². The third kappa shape index (κ3) is 3.91. The Morgan fingerprint density at radius 3 is 2.53 bits per heavy atom. The molecule has 4 aromatic rings. The summed E-state index contributed by atoms with van der Waals surface area (Å²) in [7, 11) is 1.21. The summed E-state index contributed by atoms with van der Waals surface area (Å²) in [5.41, 5.74) is 4.19. The molecule has 0 fully saturated rings. The lowest BCUT2D eigenvalue weighted by atomic mass is 9.82. The Morgan fingerprint density at radius 1 is 1.09 bits per heavy atom. The van der Waals surface area contributed by atoms with E-state index in [1.165, 1.54) is 13.2 Å². The molecule has 7 heteroatoms. The number of methoxy groups -OCH3 is 1. The highest BCUT2D eigenvalue weighted by molar-refractivity contribution is 6.34. The number of H-pyrrole nitrogens is 1. The van der Waals surface area contributed by atoms with Crippen LogP contribution in [0.5, 0.6) is 0 Å². The molecule has 4 rings (SSSR count). The van der Waals surface area contributed by atoms with Crippen LogP contribution in [0.1, 0.15) is 56.7 Å². The number of halogens is 1. The molecule has 1 heterocycles. The number of esters is 1. The number of carboxylic acids is 1. The Kier molecular flexibility index (Phi) is 6.40. The fraction of sp³-hybridized carbons (Fsp3) is 0.148. The summed E-state index contributed by atoms with van der Waals surface area (Å²) >= 11 is 6.17. The summed E-state index contributed by atoms with van der Waals surface area (Å²) in [5, 5.41) is 20.0. The fourth-order valence-corrected chi connectivity index (χ4v) is 4.72. The molecule has 0 spiro atoms. The number of aromatic nitrogens is 1. The van der Waals surface area contributed by atoms with Crippen LogP contribution in [-0.2, 0) is 4.74 Å². The monoisotopic (exact) mass is 472 g/mol. The molecule has 170 valence electrons. The lowest BCUT2D eigenvalue weighted by Crippen LogP contribution is -2.13. The van der Waals surface area contributed by atoms with Crippen LogP contribution < -0.4 is 0 Å². The number of carbonyl (C=O) groups excluding carboxylic acids is 1. The summed E-state index contributed by atoms with van der Waals surface area (Å²) in [5.74, 6) is -2.14. The summed E-state index contributed by atoms with van der Waals surface area (Å²) < 4.78 is 4.93. The van der Waals surface area contributed by atoms with E-state index in [4.69, 9.17) is 16.3 Å². The largest absolute Gasteiger partial charge is 0.478 e. The van der Waals surface area contributed by atoms with Gasteiger partial charge in [-0.2, -0.15) is 5.26 Å². The van der Waals surface area contributed by atoms with Gasteiger partial charge in [0.15, 0.2) is 0 Å². The summed E-state index contributed by atoms with van der Waals surface area (Å²) in [6.45, 7) is 2.07. The number of nitrogens with one attached hydrogen (secondary N) is 1. The average Bonchev–Trinajstić information content (AvgIpc) is 3.27. The maximum Gasteiger partial charge on any atom is 0.339 e. The summed E-state index contributed by atoms with van der Waals surface area (Å²) in [4.78, 5) is 28.0. The SMILES string of the molecule is CCC(c1ccccc1-c1ccc(Cl)c(C(=O)O)c1C(=O)OC)c1c[nH]c2cc(C#N)ccc12. The normalized spacial score (nSPS) is 11.7. The Morgan fingerprint density at radius 2 is 1.85 bits per heavy atom. The molecular weight excluding hydrogens is 452 g/mol. The first-order valence-corrected chi connectivity index (χ1v) is 11.0. The van der Waals surface area contributed by atoms with E-state index in [9.17, 15) is 20.0 Å². The van der Waals surface area contributed by atoms with Crippen molar-refractivity contribution in [2.75, 3.05) is 7.11 Å². The van der Waals surface area contributed by atoms with E-state index < -0.39 is 11.9 Å². The first-order chi connectivity index (χ1) is 16.4. The van der Waals surface area contributed by atoms with Crippen LogP contribution >= 0.6 is 11.6 Å². The van der Waals surface area contributed by atoms with E-state index in [2.05, 4.69) is 18.0 Å². The van der Waals surface area contributed by atoms with Crippen molar-refractivity contribution in [1.82, 2.24) is 4.98 Å². The minimum absolute atomic E-state index is 0.0360. The van der Waals surface area contributed by atoms with Crippen molar-refractivity contribution in [2.45, 2.75) is 19.3 Å². The van der Waals surface area contributed by atoms with Crippen molar-refractivity contribution in [3.63, 3.8) is 0 Å². The number of aromatic carboxylic acids is 1. The van der Waals surface area contributed by atoms with Gasteiger partial charge in [-0.3, -0.25) is 0 Å². The third-order valence-electron chi connectivity index (χ3n) is 6.01. The maximum absolute atomic E-state index is 12.7. The molecule has 1 unspecified atom stereocenters. The van der Waals surface area contributed by atoms with Gasteiger partial charge >= 0.3 is 11.9 Å². The second-order valence-electron chi connectivity index (χ2n) is 7.81. The van der Waals surface area contributed by atoms with E-state index >= 15 is 0 Å². The number of hydrogen-bond donors (Lipinski definition) is 2. The predicted octanol–water partition coefficient (Wildman–Crippen LogP) is 6.39. The molecule has 0 aliphatic rings. The Bertz CT molecular complexity index is 1470. The summed E-state index contributed by atoms with van der Waals surface area (Å²) in [6, 6.07) is 18.4. The first kappa shape index (κ1) is 23.1. The van der Waals surface area contributed by atoms with Gasteiger partial charge < -0.3 is 14.8 Å². The van der Waals surface area contributed by atoms with Gasteiger partial charge in [0.05, 0.1) is 34.9 Å². The van der Waals surface area contributed by atoms with Crippen molar-refractivity contribution < 1.29 is 19.4 Å². The topological polar surface area (TPSA) is 103 Å². The van der Waals surface area contributed by atoms with E-state index in [-0.39, 0.29) is 22.1 Å². The Balaban J connectivity index is 1.96. The van der Waals surface area contributed by atoms with Gasteiger partial charge in [-0.1, -0.05) is 54.9 Å². The molecule has 0 aliphatic heterocycles. The van der Waals surface area contributed by atoms with Gasteiger partial charge in [0.25, 0.3) is 0 Å². The number of aromatic amines is 1. The standard InChI is InChI=1S/C27H21ClN2O4/c1-3-16(21-14-30-23-12-15(13-29)8-9-19(21)23)17-6-4-5-7-18(17)20-10-11-22(28)25(26(31)32)24(20)27(33)34-2/h4-12,14,16,30H,3H2,1-2H3,(H,31,32). The van der Waals surface area contributed by atoms with Crippen LogP contribution in [0.25, 0.3) is 22.0 Å². The molecule has 1 aromatic heterocycles. The number of ether oxygens (including phenoxy) is 1. The zero-order chi connectivity index (χ0) is 24.4. The number of carboxylic acid groups (broad SMARTS) is 1. The van der Waals surface area contributed by atoms with Gasteiger partial charge in [-0.05, 0) is 46.9 Å². The van der Waals surface area contributed by atoms with E-state index in [1.807, 2.05) is 42.6 Å². The summed E-state index contributed by atoms with van der Waals surface area (Å²) in [6.07, 6.45) is 2.68. The molecule has 0 aliphatic carbocycles. The molecule has 3 aromatic carbocycles. The number of hydrogen-bond acceptors (Lipinski definition) is 4. The molecule has 0 saturated heterocycles. The Labute approximate surface area is 201 Å². The second kappa shape index (κ2) is 9.42. The number of carbonyl (C=O) groups is 2. The smallest absolute Gasteiger partial charge is 0.339 e. The predicted molar refractivity (Wildman–Crippen MR) is 130 cm³/mol. The van der Waals surface area contributed by atoms with E-state index in [0.29, 0.717) is 11.1 Å². The zero-order valence-corrected chi connectivity index (χ0v) is 19.3. The van der Waals surface area contributed by atoms with Crippen LogP contribution in [0.4, 0.5) is 0 Å². The van der Waals surface area contributed by atoms with Crippen molar-refractivity contribution >= 4 is 34.4 Å². The highest BCUT2D eigenvalue weighted by Gasteiger charge is 2.28. The highest BCUT2D eigenvalue weighted by Crippen LogP contribution is 2.41. The quantitative estimate of drug-likeness (QED) is 0.316. The molecule has 2 N–H and O–H groups in total. The zero-order valence-electron chi connectivity index (χ0n) is 18.6. The van der Waals surface area contributed by atoms with Gasteiger partial charge in [0.1, 0.15) is 0 Å². The van der Waals surface area contributed by atoms with Crippen LogP contribution in [0.2, 0.25) is 5.02 Å². The molecular formula is C27H21ClN2O4. The lowest BCUT2D eigenvalue weighted by Gasteiger charge is -2.21. The van der Waals surface area contributed by atoms with Gasteiger partial charge in [0.2, 0.25) is 0 Å². The van der Waals surface area contributed by atoms with Gasteiger partial charge in [0, 0.05) is 23.0 Å². The van der Waals surface area contributed by atoms with Crippen LogP contribution in [0, 0.1) is 11.3 Å². The third-order valence-corrected chi connectivity index (χ3v) is 6.33. The highest BCUT2D eigenvalue weighted by atomic mass is 35.5. The van der Waals surface area contributed by atoms with Crippen molar-refractivity contribution in [1.29, 1.82) is 5.26 Å². The van der Waals surface area contributed by atoms with Gasteiger partial charge in [-0.15, -0.1) is 0 Å². The molecule has 0 amide bonds. The number of nitriles is 1. The lowest BCUT2D eigenvalue weighted by molar-refractivity contribution is 0.0583. The van der Waals surface area contributed by atoms with Crippen molar-refractivity contribution in [3.8, 4) is 17.2 Å². The molecule has 0 saturated carbocycles. The van der Waals surface area contributed by atoms with Crippen LogP contribution in [-0.4, -0.2) is 29.1 Å². The second-order valence-corrected chi connectivity index (χ2v) is 8.21. The number of nitrogens with zero attached hydrogens (tertiary/aromatic N) is 1. The molecule has 0 bridgehead atoms. The fourth-order valence-electron chi connectivity index (χ4n) is 4.48. The first-order valence-electron chi connectivity index (χ1n) is 10.7.